The zero-order chi connectivity index (χ0) is 14.5. The average Bonchev–Trinajstić information content (AvgIpc) is 2.38. The number of benzene rings is 1. The van der Waals surface area contributed by atoms with E-state index in [1.54, 1.807) is 12.1 Å². The van der Waals surface area contributed by atoms with Gasteiger partial charge in [-0.05, 0) is 38.0 Å². The number of methoxy groups -OCH3 is 1. The topological polar surface area (TPSA) is 58.6 Å². The Labute approximate surface area is 118 Å². The van der Waals surface area contributed by atoms with E-state index < -0.39 is 0 Å². The van der Waals surface area contributed by atoms with Crippen molar-refractivity contribution in [2.75, 3.05) is 13.0 Å². The van der Waals surface area contributed by atoms with Crippen molar-refractivity contribution in [2.24, 2.45) is 0 Å². The summed E-state index contributed by atoms with van der Waals surface area (Å²) in [6, 6.07) is 4.57. The molecule has 0 saturated carbocycles. The minimum Gasteiger partial charge on any atom is -0.504 e. The molecule has 1 aromatic carbocycles. The monoisotopic (exact) mass is 285 g/mol. The summed E-state index contributed by atoms with van der Waals surface area (Å²) in [6.45, 7) is 3.95. The van der Waals surface area contributed by atoms with Crippen molar-refractivity contribution in [3.63, 3.8) is 0 Å². The number of hydrogen-bond donors (Lipinski definition) is 2. The lowest BCUT2D eigenvalue weighted by molar-refractivity contribution is 0.0901. The molecule has 0 radical (unpaired) electrons. The quantitative estimate of drug-likeness (QED) is 0.790. The molecule has 4 nitrogen and oxygen atoms in total. The van der Waals surface area contributed by atoms with E-state index >= 15 is 0 Å². The number of phenolic OH excluding ortho intramolecular Hbond substituents is 1. The molecule has 1 atom stereocenters. The molecule has 0 heterocycles. The molecule has 0 aromatic heterocycles. The van der Waals surface area contributed by atoms with E-state index in [2.05, 4.69) is 5.32 Å². The Morgan fingerprint density at radius 3 is 2.68 bits per heavy atom. The zero-order valence-corrected chi connectivity index (χ0v) is 12.3. The van der Waals surface area contributed by atoms with Gasteiger partial charge in [-0.3, -0.25) is 4.79 Å². The lowest BCUT2D eigenvalue weighted by Crippen LogP contribution is -2.45. The van der Waals surface area contributed by atoms with Crippen LogP contribution >= 0.6 is 11.6 Å². The number of nitrogens with one attached hydrogen (secondary N) is 1. The van der Waals surface area contributed by atoms with Gasteiger partial charge in [-0.25, -0.2) is 0 Å². The molecule has 0 saturated heterocycles. The van der Waals surface area contributed by atoms with Crippen LogP contribution in [0.4, 0.5) is 0 Å². The van der Waals surface area contributed by atoms with E-state index in [0.717, 1.165) is 6.42 Å². The van der Waals surface area contributed by atoms with Crippen LogP contribution in [0.25, 0.3) is 0 Å². The summed E-state index contributed by atoms with van der Waals surface area (Å²) in [7, 11) is 1.46. The van der Waals surface area contributed by atoms with Crippen molar-refractivity contribution < 1.29 is 14.6 Å². The van der Waals surface area contributed by atoms with Gasteiger partial charge in [0.15, 0.2) is 11.5 Å². The highest BCUT2D eigenvalue weighted by Crippen LogP contribution is 2.26. The second kappa shape index (κ2) is 6.66. The van der Waals surface area contributed by atoms with Crippen molar-refractivity contribution in [3.05, 3.63) is 23.8 Å². The Morgan fingerprint density at radius 1 is 1.53 bits per heavy atom. The van der Waals surface area contributed by atoms with Gasteiger partial charge in [0, 0.05) is 17.0 Å². The van der Waals surface area contributed by atoms with Crippen LogP contribution in [-0.2, 0) is 0 Å². The van der Waals surface area contributed by atoms with Crippen LogP contribution in [0.3, 0.4) is 0 Å². The summed E-state index contributed by atoms with van der Waals surface area (Å²) in [4.78, 5) is 12.1. The molecule has 1 aromatic rings. The van der Waals surface area contributed by atoms with E-state index in [1.807, 2.05) is 13.8 Å². The molecule has 0 fully saturated rings. The normalized spacial score (nSPS) is 13.7. The van der Waals surface area contributed by atoms with Crippen LogP contribution in [0.1, 0.15) is 37.0 Å². The molecule has 0 aliphatic carbocycles. The van der Waals surface area contributed by atoms with Crippen LogP contribution in [0.2, 0.25) is 0 Å². The fourth-order valence-corrected chi connectivity index (χ4v) is 2.13. The molecule has 1 amide bonds. The first-order valence-corrected chi connectivity index (χ1v) is 6.74. The van der Waals surface area contributed by atoms with Gasteiger partial charge >= 0.3 is 0 Å². The number of carbonyl (C=O) groups is 1. The maximum Gasteiger partial charge on any atom is 0.251 e. The highest BCUT2D eigenvalue weighted by molar-refractivity contribution is 6.17. The van der Waals surface area contributed by atoms with E-state index in [4.69, 9.17) is 16.3 Å². The first-order valence-electron chi connectivity index (χ1n) is 6.21. The van der Waals surface area contributed by atoms with Gasteiger partial charge in [-0.1, -0.05) is 6.92 Å². The number of carbonyl (C=O) groups excluding carboxylic acids is 1. The van der Waals surface area contributed by atoms with Crippen molar-refractivity contribution in [3.8, 4) is 11.5 Å². The smallest absolute Gasteiger partial charge is 0.251 e. The largest absolute Gasteiger partial charge is 0.504 e. The van der Waals surface area contributed by atoms with E-state index in [0.29, 0.717) is 23.6 Å². The highest BCUT2D eigenvalue weighted by Gasteiger charge is 2.24. The first-order chi connectivity index (χ1) is 8.95. The molecule has 2 N–H and O–H groups in total. The third-order valence-corrected chi connectivity index (χ3v) is 3.47. The van der Waals surface area contributed by atoms with E-state index in [-0.39, 0.29) is 17.2 Å². The van der Waals surface area contributed by atoms with Crippen molar-refractivity contribution in [1.82, 2.24) is 5.32 Å². The molecule has 1 unspecified atom stereocenters. The second-order valence-corrected chi connectivity index (χ2v) is 5.07. The summed E-state index contributed by atoms with van der Waals surface area (Å²) in [5, 5.41) is 12.6. The van der Waals surface area contributed by atoms with Crippen LogP contribution in [0.5, 0.6) is 11.5 Å². The summed E-state index contributed by atoms with van der Waals surface area (Å²) < 4.78 is 4.94. The Morgan fingerprint density at radius 2 is 2.21 bits per heavy atom. The van der Waals surface area contributed by atoms with Crippen LogP contribution in [-0.4, -0.2) is 29.5 Å². The number of phenols is 1. The van der Waals surface area contributed by atoms with Gasteiger partial charge < -0.3 is 15.2 Å². The number of alkyl halides is 1. The van der Waals surface area contributed by atoms with Gasteiger partial charge in [0.25, 0.3) is 5.91 Å². The maximum atomic E-state index is 12.1. The fraction of sp³-hybridized carbons (Fsp3) is 0.500. The highest BCUT2D eigenvalue weighted by atomic mass is 35.5. The third-order valence-electron chi connectivity index (χ3n) is 3.28. The van der Waals surface area contributed by atoms with Crippen molar-refractivity contribution in [1.29, 1.82) is 0 Å². The summed E-state index contributed by atoms with van der Waals surface area (Å²) in [6.07, 6.45) is 1.48. The van der Waals surface area contributed by atoms with Crippen molar-refractivity contribution in [2.45, 2.75) is 32.2 Å². The van der Waals surface area contributed by atoms with E-state index in [9.17, 15) is 9.90 Å². The Kier molecular flexibility index (Phi) is 5.48. The Hall–Kier alpha value is -1.42. The summed E-state index contributed by atoms with van der Waals surface area (Å²) >= 11 is 5.75. The predicted molar refractivity (Wildman–Crippen MR) is 76.2 cm³/mol. The van der Waals surface area contributed by atoms with Crippen LogP contribution in [0.15, 0.2) is 18.2 Å². The minimum atomic E-state index is -0.339. The zero-order valence-electron chi connectivity index (χ0n) is 11.5. The van der Waals surface area contributed by atoms with Crippen LogP contribution in [0, 0.1) is 0 Å². The van der Waals surface area contributed by atoms with Gasteiger partial charge in [-0.15, -0.1) is 11.6 Å². The van der Waals surface area contributed by atoms with E-state index in [1.165, 1.54) is 13.2 Å². The van der Waals surface area contributed by atoms with Crippen molar-refractivity contribution >= 4 is 17.5 Å². The molecular formula is C14H20ClNO3. The number of hydrogen-bond acceptors (Lipinski definition) is 3. The number of ether oxygens (including phenoxy) is 1. The van der Waals surface area contributed by atoms with Gasteiger partial charge in [0.05, 0.1) is 7.11 Å². The number of amides is 1. The first kappa shape index (κ1) is 15.6. The van der Waals surface area contributed by atoms with Gasteiger partial charge in [0.1, 0.15) is 0 Å². The van der Waals surface area contributed by atoms with Gasteiger partial charge in [0.2, 0.25) is 0 Å². The predicted octanol–water partition coefficient (Wildman–Crippen LogP) is 2.93. The lowest BCUT2D eigenvalue weighted by Gasteiger charge is -2.29. The molecule has 5 heteroatoms. The Balaban J connectivity index is 2.86. The molecule has 106 valence electrons. The average molecular weight is 286 g/mol. The SMILES string of the molecule is CCC(C)(CCCl)NC(=O)c1ccc(OC)c(O)c1. The lowest BCUT2D eigenvalue weighted by atomic mass is 9.95. The third kappa shape index (κ3) is 4.03. The molecular weight excluding hydrogens is 266 g/mol. The number of aromatic hydroxyl groups is 1. The molecule has 0 aliphatic rings. The standard InChI is InChI=1S/C14H20ClNO3/c1-4-14(2,7-8-15)16-13(18)10-5-6-12(19-3)11(17)9-10/h5-6,9,17H,4,7-8H2,1-3H3,(H,16,18). The summed E-state index contributed by atoms with van der Waals surface area (Å²) in [5.41, 5.74) is 0.0570. The number of halogens is 1. The maximum absolute atomic E-state index is 12.1. The molecule has 1 rings (SSSR count). The van der Waals surface area contributed by atoms with Gasteiger partial charge in [-0.2, -0.15) is 0 Å². The summed E-state index contributed by atoms with van der Waals surface area (Å²) in [5.74, 6) is 0.548. The second-order valence-electron chi connectivity index (χ2n) is 4.69. The molecule has 0 aliphatic heterocycles. The molecule has 19 heavy (non-hydrogen) atoms. The van der Waals surface area contributed by atoms with Crippen LogP contribution < -0.4 is 10.1 Å². The molecule has 0 spiro atoms. The minimum absolute atomic E-state index is 0.0503. The molecule has 0 bridgehead atoms. The fourth-order valence-electron chi connectivity index (χ4n) is 1.71. The number of rotatable bonds is 6. The Bertz CT molecular complexity index is 450.